The Morgan fingerprint density at radius 3 is 2.81 bits per heavy atom. The molecule has 168 valence electrons. The van der Waals surface area contributed by atoms with Crippen molar-refractivity contribution in [3.05, 3.63) is 46.4 Å². The highest BCUT2D eigenvalue weighted by molar-refractivity contribution is 5.75. The minimum atomic E-state index is -0.0718. The Labute approximate surface area is 184 Å². The highest BCUT2D eigenvalue weighted by atomic mass is 16.6. The van der Waals surface area contributed by atoms with Gasteiger partial charge in [-0.25, -0.2) is 4.98 Å². The van der Waals surface area contributed by atoms with Crippen LogP contribution in [0.5, 0.6) is 11.5 Å². The van der Waals surface area contributed by atoms with Crippen LogP contribution in [0.15, 0.2) is 35.3 Å². The number of hydrogen-bond donors (Lipinski definition) is 2. The van der Waals surface area contributed by atoms with Gasteiger partial charge in [0.05, 0.1) is 5.52 Å². The minimum Gasteiger partial charge on any atom is -0.486 e. The number of anilines is 1. The summed E-state index contributed by atoms with van der Waals surface area (Å²) in [5, 5.41) is 3.56. The molecule has 8 nitrogen and oxygen atoms in total. The Morgan fingerprint density at radius 2 is 2.00 bits per heavy atom. The number of aromatic amines is 1. The van der Waals surface area contributed by atoms with E-state index in [4.69, 9.17) is 9.47 Å². The van der Waals surface area contributed by atoms with E-state index in [1.165, 1.54) is 5.56 Å². The van der Waals surface area contributed by atoms with E-state index < -0.39 is 0 Å². The Balaban J connectivity index is 0.00000153. The molecule has 1 aromatic carbocycles. The van der Waals surface area contributed by atoms with E-state index in [2.05, 4.69) is 46.2 Å². The van der Waals surface area contributed by atoms with Crippen molar-refractivity contribution >= 4 is 17.0 Å². The summed E-state index contributed by atoms with van der Waals surface area (Å²) in [7, 11) is 1.76. The molecule has 0 bridgehead atoms. The summed E-state index contributed by atoms with van der Waals surface area (Å²) in [4.78, 5) is 22.8. The first-order chi connectivity index (χ1) is 15.0. The monoisotopic (exact) mass is 427 g/mol. The van der Waals surface area contributed by atoms with Crippen molar-refractivity contribution in [3.63, 3.8) is 0 Å². The van der Waals surface area contributed by atoms with Gasteiger partial charge in [0.1, 0.15) is 18.7 Å². The van der Waals surface area contributed by atoms with Crippen molar-refractivity contribution in [3.8, 4) is 11.5 Å². The summed E-state index contributed by atoms with van der Waals surface area (Å²) in [5.74, 6) is 2.60. The molecule has 2 aromatic heterocycles. The third kappa shape index (κ3) is 3.76. The maximum atomic E-state index is 12.7. The molecular formula is C23H33N5O3. The first-order valence-corrected chi connectivity index (χ1v) is 10.9. The summed E-state index contributed by atoms with van der Waals surface area (Å²) in [5.41, 5.74) is 2.40. The van der Waals surface area contributed by atoms with E-state index in [-0.39, 0.29) is 14.5 Å². The maximum absolute atomic E-state index is 12.7. The van der Waals surface area contributed by atoms with Gasteiger partial charge in [0.15, 0.2) is 11.5 Å². The smallest absolute Gasteiger partial charge is 0.278 e. The molecule has 2 aliphatic heterocycles. The lowest BCUT2D eigenvalue weighted by Gasteiger charge is -2.41. The number of rotatable bonds is 4. The van der Waals surface area contributed by atoms with Crippen LogP contribution in [-0.2, 0) is 7.05 Å². The zero-order valence-corrected chi connectivity index (χ0v) is 18.2. The van der Waals surface area contributed by atoms with Gasteiger partial charge in [0.2, 0.25) is 5.95 Å². The van der Waals surface area contributed by atoms with Crippen molar-refractivity contribution in [1.82, 2.24) is 19.4 Å². The molecule has 1 fully saturated rings. The third-order valence-corrected chi connectivity index (χ3v) is 6.37. The van der Waals surface area contributed by atoms with Crippen LogP contribution in [0, 0.1) is 0 Å². The second kappa shape index (κ2) is 7.92. The molecule has 2 atom stereocenters. The van der Waals surface area contributed by atoms with Gasteiger partial charge in [0, 0.05) is 41.3 Å². The van der Waals surface area contributed by atoms with Crippen LogP contribution in [-0.4, -0.2) is 57.8 Å². The number of piperidine rings is 1. The molecule has 0 saturated carbocycles. The number of nitrogens with one attached hydrogen (secondary N) is 2. The van der Waals surface area contributed by atoms with Gasteiger partial charge in [0.25, 0.3) is 5.56 Å². The normalized spacial score (nSPS) is 21.5. The van der Waals surface area contributed by atoms with E-state index in [0.717, 1.165) is 31.0 Å². The van der Waals surface area contributed by atoms with E-state index in [0.29, 0.717) is 42.2 Å². The highest BCUT2D eigenvalue weighted by Gasteiger charge is 2.31. The Kier molecular flexibility index (Phi) is 5.09. The molecule has 0 radical (unpaired) electrons. The number of ether oxygens (including phenoxy) is 2. The van der Waals surface area contributed by atoms with Crippen LogP contribution in [0.2, 0.25) is 0 Å². The molecule has 2 N–H and O–H groups in total. The molecule has 0 spiro atoms. The summed E-state index contributed by atoms with van der Waals surface area (Å²) in [6.45, 7) is 7.52. The van der Waals surface area contributed by atoms with E-state index >= 15 is 0 Å². The first kappa shape index (κ1) is 19.9. The fourth-order valence-electron chi connectivity index (χ4n) is 4.61. The quantitative estimate of drug-likeness (QED) is 0.665. The van der Waals surface area contributed by atoms with Crippen molar-refractivity contribution in [2.24, 2.45) is 7.05 Å². The van der Waals surface area contributed by atoms with Gasteiger partial charge in [-0.1, -0.05) is 6.07 Å². The standard InChI is InChI=1S/C23H29N5O3.2H2/c1-14(2)28-12-16(15-4-5-19-20(11-15)31-9-8-30-19)10-17(13-28)25-23-26-18-6-7-24-21(18)22(29)27(23)3;;/h4-7,11,14,16-17,24H,8-10,12-13H2,1-3H3,(H,25,26);2*1H. The largest absolute Gasteiger partial charge is 0.486 e. The first-order valence-electron chi connectivity index (χ1n) is 10.9. The number of benzene rings is 1. The summed E-state index contributed by atoms with van der Waals surface area (Å²) in [6.07, 6.45) is 2.70. The Bertz CT molecular complexity index is 1160. The number of hydrogen-bond acceptors (Lipinski definition) is 6. The zero-order chi connectivity index (χ0) is 21.5. The molecule has 8 heteroatoms. The van der Waals surface area contributed by atoms with Gasteiger partial charge in [-0.15, -0.1) is 0 Å². The third-order valence-electron chi connectivity index (χ3n) is 6.37. The van der Waals surface area contributed by atoms with Crippen LogP contribution >= 0.6 is 0 Å². The van der Waals surface area contributed by atoms with Gasteiger partial charge >= 0.3 is 0 Å². The van der Waals surface area contributed by atoms with Gasteiger partial charge in [-0.05, 0) is 49.9 Å². The van der Waals surface area contributed by atoms with Crippen molar-refractivity contribution in [2.45, 2.75) is 38.3 Å². The van der Waals surface area contributed by atoms with Crippen molar-refractivity contribution < 1.29 is 12.3 Å². The number of H-pyrrole nitrogens is 1. The second-order valence-electron chi connectivity index (χ2n) is 8.76. The maximum Gasteiger partial charge on any atom is 0.278 e. The Hall–Kier alpha value is -3.00. The molecule has 5 rings (SSSR count). The second-order valence-corrected chi connectivity index (χ2v) is 8.76. The van der Waals surface area contributed by atoms with Crippen molar-refractivity contribution in [2.75, 3.05) is 31.6 Å². The fraction of sp³-hybridized carbons (Fsp3) is 0.478. The van der Waals surface area contributed by atoms with Crippen LogP contribution in [0.25, 0.3) is 11.0 Å². The molecule has 31 heavy (non-hydrogen) atoms. The predicted molar refractivity (Wildman–Crippen MR) is 124 cm³/mol. The van der Waals surface area contributed by atoms with Crippen LogP contribution in [0.3, 0.4) is 0 Å². The minimum absolute atomic E-state index is 0. The molecule has 1 saturated heterocycles. The SMILES string of the molecule is CC(C)N1CC(Nc2nc3cc[nH]c3c(=O)n2C)CC(c2ccc3c(c2)OCCO3)C1.[HH].[HH]. The topological polar surface area (TPSA) is 84.4 Å². The predicted octanol–water partition coefficient (Wildman–Crippen LogP) is 3.20. The lowest BCUT2D eigenvalue weighted by Crippen LogP contribution is -2.48. The van der Waals surface area contributed by atoms with Gasteiger partial charge in [-0.2, -0.15) is 0 Å². The van der Waals surface area contributed by atoms with Gasteiger partial charge < -0.3 is 19.8 Å². The molecule has 2 unspecified atom stereocenters. The van der Waals surface area contributed by atoms with E-state index in [1.807, 2.05) is 12.1 Å². The van der Waals surface area contributed by atoms with Crippen LogP contribution < -0.4 is 20.3 Å². The lowest BCUT2D eigenvalue weighted by atomic mass is 9.87. The van der Waals surface area contributed by atoms with Crippen LogP contribution in [0.4, 0.5) is 5.95 Å². The van der Waals surface area contributed by atoms with Gasteiger partial charge in [-0.3, -0.25) is 14.3 Å². The summed E-state index contributed by atoms with van der Waals surface area (Å²) in [6, 6.07) is 8.73. The number of likely N-dealkylation sites (tertiary alicyclic amines) is 1. The molecule has 3 aromatic rings. The summed E-state index contributed by atoms with van der Waals surface area (Å²) < 4.78 is 13.1. The average molecular weight is 428 g/mol. The molecule has 2 aliphatic rings. The summed E-state index contributed by atoms with van der Waals surface area (Å²) >= 11 is 0. The number of aromatic nitrogens is 3. The van der Waals surface area contributed by atoms with E-state index in [9.17, 15) is 4.79 Å². The fourth-order valence-corrected chi connectivity index (χ4v) is 4.61. The highest BCUT2D eigenvalue weighted by Crippen LogP contribution is 2.36. The lowest BCUT2D eigenvalue weighted by molar-refractivity contribution is 0.155. The zero-order valence-electron chi connectivity index (χ0n) is 18.2. The molecule has 4 heterocycles. The average Bonchev–Trinajstić information content (AvgIpc) is 3.25. The van der Waals surface area contributed by atoms with Crippen molar-refractivity contribution in [1.29, 1.82) is 0 Å². The van der Waals surface area contributed by atoms with Crippen LogP contribution in [0.1, 0.15) is 34.6 Å². The molecular weight excluding hydrogens is 394 g/mol. The molecule has 0 amide bonds. The van der Waals surface area contributed by atoms with E-state index in [1.54, 1.807) is 17.8 Å². The number of nitrogens with zero attached hydrogens (tertiary/aromatic N) is 3. The number of fused-ring (bicyclic) bond motifs is 2. The Morgan fingerprint density at radius 1 is 1.19 bits per heavy atom. The molecule has 0 aliphatic carbocycles.